The van der Waals surface area contributed by atoms with Crippen molar-refractivity contribution in [1.29, 1.82) is 0 Å². The van der Waals surface area contributed by atoms with E-state index in [4.69, 9.17) is 0 Å². The Bertz CT molecular complexity index is 1150. The van der Waals surface area contributed by atoms with E-state index in [0.717, 1.165) is 15.6 Å². The van der Waals surface area contributed by atoms with Crippen molar-refractivity contribution in [3.63, 3.8) is 0 Å². The first-order valence-corrected chi connectivity index (χ1v) is 6.42. The summed E-state index contributed by atoms with van der Waals surface area (Å²) in [5.74, 6) is 0. The van der Waals surface area contributed by atoms with Gasteiger partial charge >= 0.3 is 5.69 Å². The maximum Gasteiger partial charge on any atom is 0.331 e. The summed E-state index contributed by atoms with van der Waals surface area (Å²) in [4.78, 5) is 24.4. The molecule has 0 aliphatic carbocycles. The predicted molar refractivity (Wildman–Crippen MR) is 78.5 cm³/mol. The first kappa shape index (κ1) is 11.8. The minimum Gasteiger partial charge on any atom is -0.295 e. The van der Waals surface area contributed by atoms with E-state index in [9.17, 15) is 9.59 Å². The third kappa shape index (κ3) is 1.37. The van der Waals surface area contributed by atoms with Gasteiger partial charge in [-0.1, -0.05) is 12.1 Å². The number of benzene rings is 1. The zero-order valence-corrected chi connectivity index (χ0v) is 11.4. The fraction of sp³-hybridized carbons (Fsp3) is 0.143. The number of para-hydroxylation sites is 1. The van der Waals surface area contributed by atoms with Crippen LogP contribution in [0.2, 0.25) is 0 Å². The lowest BCUT2D eigenvalue weighted by atomic mass is 10.3. The van der Waals surface area contributed by atoms with Crippen LogP contribution in [-0.4, -0.2) is 23.7 Å². The normalized spacial score (nSPS) is 11.7. The van der Waals surface area contributed by atoms with Crippen LogP contribution >= 0.6 is 0 Å². The molecule has 0 aliphatic rings. The summed E-state index contributed by atoms with van der Waals surface area (Å²) < 4.78 is 4.32. The number of hydrogen-bond donors (Lipinski definition) is 0. The number of fused-ring (bicyclic) bond motifs is 5. The van der Waals surface area contributed by atoms with Gasteiger partial charge in [-0.15, -0.1) is 10.2 Å². The first-order chi connectivity index (χ1) is 10.1. The van der Waals surface area contributed by atoms with E-state index in [2.05, 4.69) is 10.2 Å². The monoisotopic (exact) mass is 281 g/mol. The molecule has 104 valence electrons. The quantitative estimate of drug-likeness (QED) is 0.468. The zero-order valence-electron chi connectivity index (χ0n) is 11.4. The maximum atomic E-state index is 12.3. The van der Waals surface area contributed by atoms with Crippen molar-refractivity contribution in [1.82, 2.24) is 23.7 Å². The van der Waals surface area contributed by atoms with Gasteiger partial charge in [-0.05, 0) is 12.1 Å². The Labute approximate surface area is 117 Å². The molecule has 4 aromatic rings. The number of hydrogen-bond acceptors (Lipinski definition) is 4. The van der Waals surface area contributed by atoms with Crippen molar-refractivity contribution >= 4 is 27.6 Å². The molecule has 0 N–H and O–H groups in total. The van der Waals surface area contributed by atoms with Crippen LogP contribution in [0.1, 0.15) is 0 Å². The van der Waals surface area contributed by atoms with Gasteiger partial charge in [0, 0.05) is 20.3 Å². The summed E-state index contributed by atoms with van der Waals surface area (Å²) in [5, 5.41) is 8.78. The SMILES string of the molecule is Cn1c(=O)c2cn3c4ccccc4nnc3c2n(C)c1=O. The Morgan fingerprint density at radius 2 is 1.76 bits per heavy atom. The second kappa shape index (κ2) is 3.78. The lowest BCUT2D eigenvalue weighted by Gasteiger charge is -2.03. The molecule has 3 heterocycles. The summed E-state index contributed by atoms with van der Waals surface area (Å²) in [6, 6.07) is 7.52. The van der Waals surface area contributed by atoms with Crippen LogP contribution in [0.5, 0.6) is 0 Å². The number of aryl methyl sites for hydroxylation is 1. The number of aromatic nitrogens is 5. The van der Waals surface area contributed by atoms with Crippen molar-refractivity contribution in [3.05, 3.63) is 51.3 Å². The van der Waals surface area contributed by atoms with Crippen molar-refractivity contribution in [2.45, 2.75) is 0 Å². The summed E-state index contributed by atoms with van der Waals surface area (Å²) in [7, 11) is 3.09. The molecule has 0 fully saturated rings. The minimum atomic E-state index is -0.379. The molecule has 7 heteroatoms. The molecule has 4 rings (SSSR count). The van der Waals surface area contributed by atoms with Gasteiger partial charge in [0.05, 0.1) is 10.9 Å². The average molecular weight is 281 g/mol. The van der Waals surface area contributed by atoms with Crippen molar-refractivity contribution in [2.75, 3.05) is 0 Å². The van der Waals surface area contributed by atoms with Crippen LogP contribution in [0.3, 0.4) is 0 Å². The molecule has 7 nitrogen and oxygen atoms in total. The van der Waals surface area contributed by atoms with E-state index in [1.807, 2.05) is 24.3 Å². The minimum absolute atomic E-state index is 0.331. The molecule has 0 bridgehead atoms. The van der Waals surface area contributed by atoms with E-state index < -0.39 is 0 Å². The largest absolute Gasteiger partial charge is 0.331 e. The lowest BCUT2D eigenvalue weighted by Crippen LogP contribution is -2.36. The third-order valence-electron chi connectivity index (χ3n) is 3.79. The van der Waals surface area contributed by atoms with Crippen LogP contribution in [0.4, 0.5) is 0 Å². The van der Waals surface area contributed by atoms with Gasteiger partial charge in [-0.25, -0.2) is 4.79 Å². The molecular formula is C14H11N5O2. The highest BCUT2D eigenvalue weighted by Gasteiger charge is 2.16. The molecular weight excluding hydrogens is 270 g/mol. The van der Waals surface area contributed by atoms with E-state index in [1.54, 1.807) is 17.6 Å². The van der Waals surface area contributed by atoms with Crippen molar-refractivity contribution < 1.29 is 0 Å². The van der Waals surface area contributed by atoms with Crippen LogP contribution < -0.4 is 11.2 Å². The molecule has 0 spiro atoms. The Hall–Kier alpha value is -2.96. The fourth-order valence-corrected chi connectivity index (χ4v) is 2.69. The van der Waals surface area contributed by atoms with Crippen LogP contribution in [0, 0.1) is 0 Å². The number of rotatable bonds is 0. The highest BCUT2D eigenvalue weighted by molar-refractivity contribution is 5.94. The molecule has 0 aliphatic heterocycles. The van der Waals surface area contributed by atoms with Crippen LogP contribution in [0.25, 0.3) is 27.6 Å². The van der Waals surface area contributed by atoms with Crippen molar-refractivity contribution in [3.8, 4) is 0 Å². The molecule has 0 saturated heterocycles. The molecule has 0 radical (unpaired) electrons. The Balaban J connectivity index is 2.40. The topological polar surface area (TPSA) is 74.2 Å². The summed E-state index contributed by atoms with van der Waals surface area (Å²) >= 11 is 0. The summed E-state index contributed by atoms with van der Waals surface area (Å²) in [6.45, 7) is 0. The first-order valence-electron chi connectivity index (χ1n) is 6.42. The van der Waals surface area contributed by atoms with Crippen LogP contribution in [0.15, 0.2) is 40.1 Å². The second-order valence-corrected chi connectivity index (χ2v) is 4.98. The molecule has 21 heavy (non-hydrogen) atoms. The predicted octanol–water partition coefficient (Wildman–Crippen LogP) is 0.433. The highest BCUT2D eigenvalue weighted by atomic mass is 16.2. The zero-order chi connectivity index (χ0) is 14.7. The maximum absolute atomic E-state index is 12.3. The van der Waals surface area contributed by atoms with E-state index >= 15 is 0 Å². The number of nitrogens with zero attached hydrogens (tertiary/aromatic N) is 5. The van der Waals surface area contributed by atoms with Gasteiger partial charge in [0.15, 0.2) is 5.65 Å². The Morgan fingerprint density at radius 1 is 1.00 bits per heavy atom. The average Bonchev–Trinajstić information content (AvgIpc) is 2.91. The summed E-state index contributed by atoms with van der Waals surface area (Å²) in [6.07, 6.45) is 1.71. The van der Waals surface area contributed by atoms with Gasteiger partial charge in [-0.2, -0.15) is 0 Å². The van der Waals surface area contributed by atoms with Crippen LogP contribution in [-0.2, 0) is 14.1 Å². The molecule has 0 amide bonds. The van der Waals surface area contributed by atoms with E-state index in [-0.39, 0.29) is 11.2 Å². The summed E-state index contributed by atoms with van der Waals surface area (Å²) in [5.41, 5.74) is 1.86. The van der Waals surface area contributed by atoms with Gasteiger partial charge < -0.3 is 0 Å². The molecule has 0 unspecified atom stereocenters. The highest BCUT2D eigenvalue weighted by Crippen LogP contribution is 2.20. The molecule has 0 atom stereocenters. The molecule has 0 saturated carbocycles. The van der Waals surface area contributed by atoms with Gasteiger partial charge in [-0.3, -0.25) is 18.3 Å². The second-order valence-electron chi connectivity index (χ2n) is 4.98. The van der Waals surface area contributed by atoms with E-state index in [1.165, 1.54) is 11.6 Å². The molecule has 1 aromatic carbocycles. The van der Waals surface area contributed by atoms with Gasteiger partial charge in [0.25, 0.3) is 5.56 Å². The van der Waals surface area contributed by atoms with Crippen molar-refractivity contribution in [2.24, 2.45) is 14.1 Å². The standard InChI is InChI=1S/C14H11N5O2/c1-17-11-8(13(20)18(2)14(17)21)7-19-10-6-4-3-5-9(10)15-16-12(11)19/h3-7H,1-2H3. The Kier molecular flexibility index (Phi) is 2.13. The smallest absolute Gasteiger partial charge is 0.295 e. The lowest BCUT2D eigenvalue weighted by molar-refractivity contribution is 0.715. The van der Waals surface area contributed by atoms with Gasteiger partial charge in [0.2, 0.25) is 0 Å². The van der Waals surface area contributed by atoms with E-state index in [0.29, 0.717) is 16.6 Å². The Morgan fingerprint density at radius 3 is 2.57 bits per heavy atom. The third-order valence-corrected chi connectivity index (χ3v) is 3.79. The molecule has 3 aromatic heterocycles. The fourth-order valence-electron chi connectivity index (χ4n) is 2.69. The van der Waals surface area contributed by atoms with Gasteiger partial charge in [0.1, 0.15) is 11.0 Å².